The van der Waals surface area contributed by atoms with E-state index in [2.05, 4.69) is 5.32 Å². The second-order valence-corrected chi connectivity index (χ2v) is 4.87. The molecule has 122 valence electrons. The maximum atomic E-state index is 11.7. The first-order valence-corrected chi connectivity index (χ1v) is 7.37. The second kappa shape index (κ2) is 8.63. The molecular weight excluding hydrogens is 296 g/mol. The summed E-state index contributed by atoms with van der Waals surface area (Å²) in [4.78, 5) is 22.5. The first-order chi connectivity index (χ1) is 11.2. The smallest absolute Gasteiger partial charge is 0.221 e. The summed E-state index contributed by atoms with van der Waals surface area (Å²) in [5.41, 5.74) is 0.570. The average molecular weight is 316 g/mol. The molecule has 2 rings (SSSR count). The molecule has 0 aliphatic heterocycles. The lowest BCUT2D eigenvalue weighted by atomic mass is 10.3. The van der Waals surface area contributed by atoms with Gasteiger partial charge >= 0.3 is 0 Å². The molecule has 1 amide bonds. The summed E-state index contributed by atoms with van der Waals surface area (Å²) in [6.45, 7) is 1.30. The molecule has 1 N–H and O–H groups in total. The lowest BCUT2D eigenvalue weighted by Gasteiger charge is -2.09. The molecule has 0 aliphatic rings. The summed E-state index contributed by atoms with van der Waals surface area (Å²) in [5.74, 6) is 1.42. The zero-order valence-corrected chi connectivity index (χ0v) is 13.0. The van der Waals surface area contributed by atoms with Gasteiger partial charge in [0.25, 0.3) is 0 Å². The van der Waals surface area contributed by atoms with Crippen molar-refractivity contribution in [1.82, 2.24) is 9.88 Å². The van der Waals surface area contributed by atoms with Crippen molar-refractivity contribution in [3.05, 3.63) is 48.3 Å². The number of aryl methyl sites for hydroxylation is 1. The molecule has 0 fully saturated rings. The fourth-order valence-electron chi connectivity index (χ4n) is 2.08. The SMILES string of the molecule is COc1ccc(OCCNC(=O)CCn2cccc2C=O)cc1. The van der Waals surface area contributed by atoms with E-state index in [-0.39, 0.29) is 5.91 Å². The molecule has 1 aromatic carbocycles. The number of nitrogens with one attached hydrogen (secondary N) is 1. The van der Waals surface area contributed by atoms with Crippen molar-refractivity contribution in [1.29, 1.82) is 0 Å². The number of carbonyl (C=O) groups excluding carboxylic acids is 2. The normalized spacial score (nSPS) is 10.1. The van der Waals surface area contributed by atoms with Gasteiger partial charge in [0.2, 0.25) is 5.91 Å². The maximum absolute atomic E-state index is 11.7. The number of aldehydes is 1. The van der Waals surface area contributed by atoms with Crippen LogP contribution in [0.15, 0.2) is 42.6 Å². The van der Waals surface area contributed by atoms with Crippen LogP contribution in [0.25, 0.3) is 0 Å². The first-order valence-electron chi connectivity index (χ1n) is 7.37. The van der Waals surface area contributed by atoms with Crippen LogP contribution < -0.4 is 14.8 Å². The molecule has 23 heavy (non-hydrogen) atoms. The predicted octanol–water partition coefficient (Wildman–Crippen LogP) is 1.89. The van der Waals surface area contributed by atoms with Gasteiger partial charge in [0.1, 0.15) is 18.1 Å². The van der Waals surface area contributed by atoms with E-state index in [1.54, 1.807) is 30.0 Å². The molecule has 6 heteroatoms. The van der Waals surface area contributed by atoms with Gasteiger partial charge in [-0.1, -0.05) is 0 Å². The van der Waals surface area contributed by atoms with Crippen molar-refractivity contribution >= 4 is 12.2 Å². The van der Waals surface area contributed by atoms with E-state index in [0.717, 1.165) is 17.8 Å². The van der Waals surface area contributed by atoms with E-state index in [0.29, 0.717) is 31.8 Å². The van der Waals surface area contributed by atoms with Gasteiger partial charge in [0.05, 0.1) is 19.3 Å². The molecule has 0 saturated carbocycles. The Bertz CT molecular complexity index is 634. The van der Waals surface area contributed by atoms with Gasteiger partial charge < -0.3 is 19.4 Å². The largest absolute Gasteiger partial charge is 0.497 e. The number of benzene rings is 1. The molecular formula is C17H20N2O4. The van der Waals surface area contributed by atoms with Crippen LogP contribution in [-0.4, -0.2) is 37.0 Å². The van der Waals surface area contributed by atoms with Crippen LogP contribution in [0.4, 0.5) is 0 Å². The van der Waals surface area contributed by atoms with Crippen LogP contribution in [0.1, 0.15) is 16.9 Å². The van der Waals surface area contributed by atoms with Crippen molar-refractivity contribution in [2.24, 2.45) is 0 Å². The van der Waals surface area contributed by atoms with E-state index in [1.807, 2.05) is 24.3 Å². The highest BCUT2D eigenvalue weighted by Gasteiger charge is 2.04. The number of ether oxygens (including phenoxy) is 2. The van der Waals surface area contributed by atoms with Crippen molar-refractivity contribution in [3.63, 3.8) is 0 Å². The summed E-state index contributed by atoms with van der Waals surface area (Å²) in [6.07, 6.45) is 2.88. The van der Waals surface area contributed by atoms with Crippen LogP contribution in [0.3, 0.4) is 0 Å². The van der Waals surface area contributed by atoms with Crippen LogP contribution in [0, 0.1) is 0 Å². The molecule has 1 aromatic heterocycles. The van der Waals surface area contributed by atoms with Gasteiger partial charge in [-0.2, -0.15) is 0 Å². The van der Waals surface area contributed by atoms with Crippen LogP contribution in [0.5, 0.6) is 11.5 Å². The van der Waals surface area contributed by atoms with E-state index in [9.17, 15) is 9.59 Å². The Kier molecular flexibility index (Phi) is 6.23. The molecule has 0 saturated heterocycles. The highest BCUT2D eigenvalue weighted by Crippen LogP contribution is 2.16. The Balaban J connectivity index is 1.63. The fraction of sp³-hybridized carbons (Fsp3) is 0.294. The summed E-state index contributed by atoms with van der Waals surface area (Å²) in [6, 6.07) is 10.8. The van der Waals surface area contributed by atoms with Crippen LogP contribution in [0.2, 0.25) is 0 Å². The minimum Gasteiger partial charge on any atom is -0.497 e. The number of methoxy groups -OCH3 is 1. The second-order valence-electron chi connectivity index (χ2n) is 4.87. The third-order valence-corrected chi connectivity index (χ3v) is 3.32. The van der Waals surface area contributed by atoms with Gasteiger partial charge in [0.15, 0.2) is 6.29 Å². The summed E-state index contributed by atoms with van der Waals surface area (Å²) in [5, 5.41) is 2.79. The highest BCUT2D eigenvalue weighted by atomic mass is 16.5. The van der Waals surface area contributed by atoms with Gasteiger partial charge in [-0.05, 0) is 36.4 Å². The number of aromatic nitrogens is 1. The van der Waals surface area contributed by atoms with Crippen molar-refractivity contribution in [2.75, 3.05) is 20.3 Å². The molecule has 0 atom stereocenters. The molecule has 0 spiro atoms. The van der Waals surface area contributed by atoms with Crippen molar-refractivity contribution < 1.29 is 19.1 Å². The Morgan fingerprint density at radius 3 is 2.65 bits per heavy atom. The zero-order chi connectivity index (χ0) is 16.5. The Labute approximate surface area is 135 Å². The molecule has 0 aliphatic carbocycles. The number of hydrogen-bond donors (Lipinski definition) is 1. The Morgan fingerprint density at radius 1 is 1.22 bits per heavy atom. The van der Waals surface area contributed by atoms with Crippen molar-refractivity contribution in [2.45, 2.75) is 13.0 Å². The number of amides is 1. The fourth-order valence-corrected chi connectivity index (χ4v) is 2.08. The molecule has 1 heterocycles. The molecule has 0 unspecified atom stereocenters. The standard InChI is InChI=1S/C17H20N2O4/c1-22-15-4-6-16(7-5-15)23-12-9-18-17(21)8-11-19-10-2-3-14(19)13-20/h2-7,10,13H,8-9,11-12H2,1H3,(H,18,21). The number of hydrogen-bond acceptors (Lipinski definition) is 4. The predicted molar refractivity (Wildman–Crippen MR) is 85.9 cm³/mol. The van der Waals surface area contributed by atoms with Gasteiger partial charge in [0, 0.05) is 19.2 Å². The van der Waals surface area contributed by atoms with E-state index in [4.69, 9.17) is 9.47 Å². The first kappa shape index (κ1) is 16.6. The highest BCUT2D eigenvalue weighted by molar-refractivity contribution is 5.76. The average Bonchev–Trinajstić information content (AvgIpc) is 3.05. The molecule has 6 nitrogen and oxygen atoms in total. The lowest BCUT2D eigenvalue weighted by Crippen LogP contribution is -2.28. The minimum absolute atomic E-state index is 0.0751. The number of carbonyl (C=O) groups is 2. The van der Waals surface area contributed by atoms with Gasteiger partial charge in [-0.25, -0.2) is 0 Å². The maximum Gasteiger partial charge on any atom is 0.221 e. The Morgan fingerprint density at radius 2 is 1.96 bits per heavy atom. The van der Waals surface area contributed by atoms with Gasteiger partial charge in [-0.15, -0.1) is 0 Å². The summed E-state index contributed by atoms with van der Waals surface area (Å²) < 4.78 is 12.3. The Hall–Kier alpha value is -2.76. The molecule has 0 radical (unpaired) electrons. The quantitative estimate of drug-likeness (QED) is 0.566. The minimum atomic E-state index is -0.0751. The van der Waals surface area contributed by atoms with E-state index < -0.39 is 0 Å². The molecule has 2 aromatic rings. The lowest BCUT2D eigenvalue weighted by molar-refractivity contribution is -0.121. The topological polar surface area (TPSA) is 69.6 Å². The van der Waals surface area contributed by atoms with E-state index >= 15 is 0 Å². The van der Waals surface area contributed by atoms with Crippen LogP contribution in [-0.2, 0) is 11.3 Å². The third-order valence-electron chi connectivity index (χ3n) is 3.32. The number of rotatable bonds is 9. The third kappa shape index (κ3) is 5.18. The van der Waals surface area contributed by atoms with Crippen LogP contribution >= 0.6 is 0 Å². The van der Waals surface area contributed by atoms with Gasteiger partial charge in [-0.3, -0.25) is 9.59 Å². The monoisotopic (exact) mass is 316 g/mol. The summed E-state index contributed by atoms with van der Waals surface area (Å²) >= 11 is 0. The zero-order valence-electron chi connectivity index (χ0n) is 13.0. The van der Waals surface area contributed by atoms with Crippen molar-refractivity contribution in [3.8, 4) is 11.5 Å². The van der Waals surface area contributed by atoms with E-state index in [1.165, 1.54) is 0 Å². The molecule has 0 bridgehead atoms. The number of nitrogens with zero attached hydrogens (tertiary/aromatic N) is 1. The summed E-state index contributed by atoms with van der Waals surface area (Å²) in [7, 11) is 1.61.